The average Bonchev–Trinajstić information content (AvgIpc) is 3.27. The molecule has 1 heterocycles. The quantitative estimate of drug-likeness (QED) is 0.176. The van der Waals surface area contributed by atoms with Gasteiger partial charge in [0.05, 0.1) is 22.7 Å². The molecule has 0 spiro atoms. The molecule has 0 saturated heterocycles. The first-order chi connectivity index (χ1) is 16.9. The lowest BCUT2D eigenvalue weighted by Crippen LogP contribution is -2.16. The summed E-state index contributed by atoms with van der Waals surface area (Å²) in [7, 11) is 1.46. The molecule has 0 aliphatic carbocycles. The van der Waals surface area contributed by atoms with Crippen molar-refractivity contribution in [1.82, 2.24) is 5.43 Å². The summed E-state index contributed by atoms with van der Waals surface area (Å²) in [6.07, 6.45) is 1.39. The van der Waals surface area contributed by atoms with Gasteiger partial charge >= 0.3 is 5.91 Å². The number of carbonyl (C=O) groups is 1. The number of non-ortho nitro benzene ring substituents is 1. The number of benzene rings is 3. The Morgan fingerprint density at radius 1 is 1.23 bits per heavy atom. The van der Waals surface area contributed by atoms with Gasteiger partial charge in [0.15, 0.2) is 17.3 Å². The second-order valence-corrected chi connectivity index (χ2v) is 8.06. The summed E-state index contributed by atoms with van der Waals surface area (Å²) >= 11 is 3.41. The van der Waals surface area contributed by atoms with Crippen LogP contribution in [-0.2, 0) is 6.61 Å². The Bertz CT molecular complexity index is 1450. The van der Waals surface area contributed by atoms with Crippen LogP contribution < -0.4 is 14.9 Å². The summed E-state index contributed by atoms with van der Waals surface area (Å²) < 4.78 is 31.0. The maximum atomic E-state index is 13.9. The van der Waals surface area contributed by atoms with E-state index < -0.39 is 10.8 Å². The molecular formula is C24H17BrFN3O6. The van der Waals surface area contributed by atoms with E-state index in [1.54, 1.807) is 30.3 Å². The highest BCUT2D eigenvalue weighted by molar-refractivity contribution is 9.10. The van der Waals surface area contributed by atoms with Crippen LogP contribution in [0.4, 0.5) is 10.1 Å². The number of ether oxygens (including phenoxy) is 2. The number of nitrogens with zero attached hydrogens (tertiary/aromatic N) is 2. The van der Waals surface area contributed by atoms with E-state index in [1.807, 2.05) is 0 Å². The molecule has 1 N–H and O–H groups in total. The first-order valence-corrected chi connectivity index (χ1v) is 10.9. The van der Waals surface area contributed by atoms with Crippen LogP contribution in [0.5, 0.6) is 11.5 Å². The third-order valence-electron chi connectivity index (χ3n) is 4.90. The number of methoxy groups -OCH3 is 1. The molecule has 4 rings (SSSR count). The van der Waals surface area contributed by atoms with Crippen LogP contribution >= 0.6 is 15.9 Å². The Hall–Kier alpha value is -4.25. The van der Waals surface area contributed by atoms with E-state index in [9.17, 15) is 19.3 Å². The van der Waals surface area contributed by atoms with Crippen LogP contribution in [0.2, 0.25) is 0 Å². The number of halogens is 2. The minimum atomic E-state index is -0.629. The standard InChI is InChI=1S/C24H17BrFN3O6/c1-33-21-9-14(8-18(25)23(21)34-13-15-4-2-3-5-19(15)26)12-27-28-24(30)22-11-16-10-17(29(31)32)6-7-20(16)35-22/h2-12H,13H2,1H3,(H,28,30). The van der Waals surface area contributed by atoms with Crippen molar-refractivity contribution in [3.05, 3.63) is 98.0 Å². The van der Waals surface area contributed by atoms with Gasteiger partial charge in [0, 0.05) is 23.1 Å². The van der Waals surface area contributed by atoms with Crippen molar-refractivity contribution in [3.63, 3.8) is 0 Å². The number of furan rings is 1. The minimum Gasteiger partial charge on any atom is -0.493 e. The van der Waals surface area contributed by atoms with Crippen molar-refractivity contribution < 1.29 is 28.0 Å². The van der Waals surface area contributed by atoms with Gasteiger partial charge < -0.3 is 13.9 Å². The molecule has 11 heteroatoms. The van der Waals surface area contributed by atoms with E-state index in [0.717, 1.165) is 0 Å². The first kappa shape index (κ1) is 23.9. The molecule has 0 radical (unpaired) electrons. The number of hydrogen-bond acceptors (Lipinski definition) is 7. The summed E-state index contributed by atoms with van der Waals surface area (Å²) in [5.74, 6) is -0.287. The molecule has 1 amide bonds. The van der Waals surface area contributed by atoms with E-state index in [2.05, 4.69) is 26.5 Å². The van der Waals surface area contributed by atoms with Crippen LogP contribution in [0.15, 0.2) is 74.7 Å². The Morgan fingerprint density at radius 2 is 2.03 bits per heavy atom. The number of amides is 1. The average molecular weight is 542 g/mol. The van der Waals surface area contributed by atoms with Gasteiger partial charge in [0.25, 0.3) is 5.69 Å². The van der Waals surface area contributed by atoms with Gasteiger partial charge in [-0.25, -0.2) is 9.82 Å². The van der Waals surface area contributed by atoms with Crippen molar-refractivity contribution in [2.24, 2.45) is 5.10 Å². The molecule has 0 aliphatic heterocycles. The largest absolute Gasteiger partial charge is 0.493 e. The fourth-order valence-corrected chi connectivity index (χ4v) is 3.77. The monoisotopic (exact) mass is 541 g/mol. The van der Waals surface area contributed by atoms with Gasteiger partial charge in [-0.05, 0) is 51.8 Å². The highest BCUT2D eigenvalue weighted by Crippen LogP contribution is 2.37. The molecule has 0 saturated carbocycles. The molecule has 35 heavy (non-hydrogen) atoms. The number of hydrogen-bond donors (Lipinski definition) is 1. The fourth-order valence-electron chi connectivity index (χ4n) is 3.20. The predicted octanol–water partition coefficient (Wildman–Crippen LogP) is 5.59. The minimum absolute atomic E-state index is 0.00574. The molecule has 3 aromatic carbocycles. The number of hydrazone groups is 1. The molecule has 0 bridgehead atoms. The third-order valence-corrected chi connectivity index (χ3v) is 5.48. The van der Waals surface area contributed by atoms with E-state index >= 15 is 0 Å². The lowest BCUT2D eigenvalue weighted by Gasteiger charge is -2.14. The highest BCUT2D eigenvalue weighted by Gasteiger charge is 2.15. The zero-order chi connectivity index (χ0) is 24.9. The van der Waals surface area contributed by atoms with E-state index in [-0.39, 0.29) is 23.9 Å². The lowest BCUT2D eigenvalue weighted by molar-refractivity contribution is -0.384. The third kappa shape index (κ3) is 5.46. The Labute approximate surface area is 206 Å². The number of fused-ring (bicyclic) bond motifs is 1. The van der Waals surface area contributed by atoms with Gasteiger partial charge in [-0.3, -0.25) is 14.9 Å². The predicted molar refractivity (Wildman–Crippen MR) is 129 cm³/mol. The van der Waals surface area contributed by atoms with Gasteiger partial charge in [-0.2, -0.15) is 5.10 Å². The summed E-state index contributed by atoms with van der Waals surface area (Å²) in [6, 6.07) is 15.1. The normalized spacial score (nSPS) is 11.1. The number of rotatable bonds is 8. The molecule has 9 nitrogen and oxygen atoms in total. The van der Waals surface area contributed by atoms with Crippen LogP contribution in [0.25, 0.3) is 11.0 Å². The van der Waals surface area contributed by atoms with Gasteiger partial charge in [0.1, 0.15) is 18.0 Å². The zero-order valence-electron chi connectivity index (χ0n) is 18.2. The van der Waals surface area contributed by atoms with E-state index in [1.165, 1.54) is 43.7 Å². The Balaban J connectivity index is 1.45. The summed E-state index contributed by atoms with van der Waals surface area (Å²) in [5.41, 5.74) is 3.55. The van der Waals surface area contributed by atoms with Crippen molar-refractivity contribution in [2.75, 3.05) is 7.11 Å². The second kappa shape index (κ2) is 10.3. The Kier molecular flexibility index (Phi) is 7.06. The highest BCUT2D eigenvalue weighted by atomic mass is 79.9. The topological polar surface area (TPSA) is 116 Å². The lowest BCUT2D eigenvalue weighted by atomic mass is 10.2. The molecular weight excluding hydrogens is 525 g/mol. The SMILES string of the molecule is COc1cc(C=NNC(=O)c2cc3cc([N+](=O)[O-])ccc3o2)cc(Br)c1OCc1ccccc1F. The van der Waals surface area contributed by atoms with Gasteiger partial charge in [-0.1, -0.05) is 18.2 Å². The van der Waals surface area contributed by atoms with Crippen molar-refractivity contribution in [2.45, 2.75) is 6.61 Å². The number of carbonyl (C=O) groups excluding carboxylic acids is 1. The van der Waals surface area contributed by atoms with Crippen LogP contribution in [-0.4, -0.2) is 24.2 Å². The smallest absolute Gasteiger partial charge is 0.307 e. The van der Waals surface area contributed by atoms with Crippen molar-refractivity contribution >= 4 is 44.7 Å². The summed E-state index contributed by atoms with van der Waals surface area (Å²) in [4.78, 5) is 22.8. The van der Waals surface area contributed by atoms with Crippen molar-refractivity contribution in [3.8, 4) is 11.5 Å². The zero-order valence-corrected chi connectivity index (χ0v) is 19.7. The summed E-state index contributed by atoms with van der Waals surface area (Å²) in [6.45, 7) is 0.00574. The number of nitro benzene ring substituents is 1. The fraction of sp³-hybridized carbons (Fsp3) is 0.0833. The van der Waals surface area contributed by atoms with E-state index in [4.69, 9.17) is 13.9 Å². The van der Waals surface area contributed by atoms with Gasteiger partial charge in [-0.15, -0.1) is 0 Å². The van der Waals surface area contributed by atoms with E-state index in [0.29, 0.717) is 38.1 Å². The van der Waals surface area contributed by atoms with Crippen molar-refractivity contribution in [1.29, 1.82) is 0 Å². The van der Waals surface area contributed by atoms with Crippen LogP contribution in [0.1, 0.15) is 21.7 Å². The maximum absolute atomic E-state index is 13.9. The first-order valence-electron chi connectivity index (χ1n) is 10.1. The molecule has 0 atom stereocenters. The maximum Gasteiger partial charge on any atom is 0.307 e. The molecule has 0 aliphatic rings. The molecule has 178 valence electrons. The second-order valence-electron chi connectivity index (χ2n) is 7.20. The van der Waals surface area contributed by atoms with Crippen LogP contribution in [0, 0.1) is 15.9 Å². The van der Waals surface area contributed by atoms with Crippen LogP contribution in [0.3, 0.4) is 0 Å². The molecule has 4 aromatic rings. The molecule has 0 unspecified atom stereocenters. The van der Waals surface area contributed by atoms with Gasteiger partial charge in [0.2, 0.25) is 0 Å². The molecule has 1 aromatic heterocycles. The number of nitrogens with one attached hydrogen (secondary N) is 1. The number of nitro groups is 1. The Morgan fingerprint density at radius 3 is 2.77 bits per heavy atom. The molecule has 0 fully saturated rings. The summed E-state index contributed by atoms with van der Waals surface area (Å²) in [5, 5.41) is 15.3.